The number of H-pyrrole nitrogens is 2. The van der Waals surface area contributed by atoms with Crippen LogP contribution in [0, 0.1) is 6.92 Å². The number of para-hydroxylation sites is 1. The van der Waals surface area contributed by atoms with Crippen molar-refractivity contribution in [1.29, 1.82) is 0 Å². The average molecular weight is 369 g/mol. The van der Waals surface area contributed by atoms with E-state index in [-0.39, 0.29) is 0 Å². The third kappa shape index (κ3) is 2.52. The minimum Gasteiger partial charge on any atom is -0.349 e. The van der Waals surface area contributed by atoms with E-state index in [4.69, 9.17) is 0 Å². The second-order valence-corrected chi connectivity index (χ2v) is 6.64. The fourth-order valence-corrected chi connectivity index (χ4v) is 3.33. The summed E-state index contributed by atoms with van der Waals surface area (Å²) in [4.78, 5) is 35.6. The van der Waals surface area contributed by atoms with Crippen LogP contribution in [0.3, 0.4) is 0 Å². The number of benzene rings is 2. The van der Waals surface area contributed by atoms with Crippen LogP contribution in [0.25, 0.3) is 32.8 Å². The van der Waals surface area contributed by atoms with Crippen LogP contribution in [0.5, 0.6) is 0 Å². The Morgan fingerprint density at radius 2 is 1.86 bits per heavy atom. The molecule has 2 aromatic carbocycles. The molecule has 0 fully saturated rings. The number of aromatic amines is 2. The van der Waals surface area contributed by atoms with E-state index in [0.717, 1.165) is 32.0 Å². The molecule has 0 saturated heterocycles. The smallest absolute Gasteiger partial charge is 0.349 e. The number of aromatic nitrogens is 4. The Kier molecular flexibility index (Phi) is 3.48. The highest BCUT2D eigenvalue weighted by molar-refractivity contribution is 6.04. The van der Waals surface area contributed by atoms with Gasteiger partial charge < -0.3 is 9.97 Å². The molecule has 0 atom stereocenters. The van der Waals surface area contributed by atoms with E-state index in [0.29, 0.717) is 16.7 Å². The van der Waals surface area contributed by atoms with Gasteiger partial charge in [0.2, 0.25) is 0 Å². The second kappa shape index (κ2) is 6.02. The zero-order chi connectivity index (χ0) is 19.3. The van der Waals surface area contributed by atoms with E-state index < -0.39 is 11.2 Å². The van der Waals surface area contributed by atoms with Crippen molar-refractivity contribution in [2.24, 2.45) is 5.10 Å². The predicted molar refractivity (Wildman–Crippen MR) is 110 cm³/mol. The summed E-state index contributed by atoms with van der Waals surface area (Å²) in [5.74, 6) is 0. The SMILES string of the molecule is Cc1ccc2[nH]c3c(=O)n(/N=C/c4ccc5ccccc5n4)c(=O)[nH]c3c2c1. The Morgan fingerprint density at radius 1 is 1.00 bits per heavy atom. The number of nitrogens with zero attached hydrogens (tertiary/aromatic N) is 3. The van der Waals surface area contributed by atoms with Gasteiger partial charge in [0.1, 0.15) is 5.52 Å². The Hall–Kier alpha value is -4.00. The van der Waals surface area contributed by atoms with E-state index >= 15 is 0 Å². The van der Waals surface area contributed by atoms with Crippen molar-refractivity contribution in [3.05, 3.63) is 86.7 Å². The number of rotatable bonds is 2. The zero-order valence-electron chi connectivity index (χ0n) is 14.9. The average Bonchev–Trinajstić information content (AvgIpc) is 3.05. The third-order valence-electron chi connectivity index (χ3n) is 4.71. The van der Waals surface area contributed by atoms with Crippen LogP contribution >= 0.6 is 0 Å². The molecule has 5 rings (SSSR count). The molecule has 0 unspecified atom stereocenters. The highest BCUT2D eigenvalue weighted by Crippen LogP contribution is 2.21. The van der Waals surface area contributed by atoms with Gasteiger partial charge in [-0.25, -0.2) is 9.78 Å². The van der Waals surface area contributed by atoms with E-state index in [9.17, 15) is 9.59 Å². The summed E-state index contributed by atoms with van der Waals surface area (Å²) in [6.45, 7) is 1.96. The molecule has 28 heavy (non-hydrogen) atoms. The molecule has 0 aliphatic carbocycles. The van der Waals surface area contributed by atoms with E-state index in [1.807, 2.05) is 55.5 Å². The summed E-state index contributed by atoms with van der Waals surface area (Å²) in [5.41, 5.74) is 2.88. The molecular weight excluding hydrogens is 354 g/mol. The standard InChI is InChI=1S/C21H15N5O2/c1-12-6-9-17-15(10-12)18-19(24-17)20(27)26(21(28)25-18)22-11-14-8-7-13-4-2-3-5-16(13)23-14/h2-11,24H,1H3,(H,25,28)/b22-11+. The summed E-state index contributed by atoms with van der Waals surface area (Å²) in [5, 5.41) is 5.88. The van der Waals surface area contributed by atoms with Gasteiger partial charge in [-0.05, 0) is 31.2 Å². The van der Waals surface area contributed by atoms with Crippen molar-refractivity contribution in [2.75, 3.05) is 0 Å². The van der Waals surface area contributed by atoms with Crippen LogP contribution in [0.2, 0.25) is 0 Å². The lowest BCUT2D eigenvalue weighted by molar-refractivity contribution is 0.770. The Labute approximate surface area is 158 Å². The molecule has 0 aliphatic heterocycles. The van der Waals surface area contributed by atoms with Gasteiger partial charge >= 0.3 is 11.2 Å². The van der Waals surface area contributed by atoms with E-state index in [1.54, 1.807) is 6.07 Å². The van der Waals surface area contributed by atoms with Gasteiger partial charge in [0.25, 0.3) is 0 Å². The van der Waals surface area contributed by atoms with Crippen LogP contribution in [-0.4, -0.2) is 25.8 Å². The van der Waals surface area contributed by atoms with Crippen LogP contribution in [0.4, 0.5) is 0 Å². The van der Waals surface area contributed by atoms with Gasteiger partial charge in [0.15, 0.2) is 0 Å². The first-order chi connectivity index (χ1) is 13.6. The fraction of sp³-hybridized carbons (Fsp3) is 0.0476. The first-order valence-corrected chi connectivity index (χ1v) is 8.78. The quantitative estimate of drug-likeness (QED) is 0.468. The number of hydrogen-bond donors (Lipinski definition) is 2. The molecule has 136 valence electrons. The fourth-order valence-electron chi connectivity index (χ4n) is 3.33. The molecule has 0 saturated carbocycles. The number of pyridine rings is 1. The molecule has 3 aromatic heterocycles. The zero-order valence-corrected chi connectivity index (χ0v) is 14.9. The maximum atomic E-state index is 12.8. The van der Waals surface area contributed by atoms with E-state index in [2.05, 4.69) is 20.1 Å². The Bertz CT molecular complexity index is 1520. The van der Waals surface area contributed by atoms with Crippen molar-refractivity contribution in [1.82, 2.24) is 19.6 Å². The molecule has 2 N–H and O–H groups in total. The van der Waals surface area contributed by atoms with Crippen molar-refractivity contribution in [3.63, 3.8) is 0 Å². The highest BCUT2D eigenvalue weighted by atomic mass is 16.2. The molecule has 0 spiro atoms. The van der Waals surface area contributed by atoms with Gasteiger partial charge in [0.05, 0.1) is 22.9 Å². The third-order valence-corrected chi connectivity index (χ3v) is 4.71. The summed E-state index contributed by atoms with van der Waals surface area (Å²) >= 11 is 0. The summed E-state index contributed by atoms with van der Waals surface area (Å²) in [6.07, 6.45) is 1.40. The summed E-state index contributed by atoms with van der Waals surface area (Å²) < 4.78 is 0.807. The predicted octanol–water partition coefficient (Wildman–Crippen LogP) is 2.91. The van der Waals surface area contributed by atoms with Crippen molar-refractivity contribution < 1.29 is 0 Å². The van der Waals surface area contributed by atoms with Crippen molar-refractivity contribution >= 4 is 39.1 Å². The molecule has 0 amide bonds. The first kappa shape index (κ1) is 16.2. The molecule has 0 radical (unpaired) electrons. The highest BCUT2D eigenvalue weighted by Gasteiger charge is 2.12. The molecule has 5 aromatic rings. The van der Waals surface area contributed by atoms with Gasteiger partial charge in [0, 0.05) is 16.3 Å². The number of fused-ring (bicyclic) bond motifs is 4. The topological polar surface area (TPSA) is 95.9 Å². The molecule has 3 heterocycles. The van der Waals surface area contributed by atoms with Gasteiger partial charge in [-0.3, -0.25) is 4.79 Å². The largest absolute Gasteiger partial charge is 0.350 e. The molecule has 7 heteroatoms. The Balaban J connectivity index is 1.65. The van der Waals surface area contributed by atoms with Crippen LogP contribution in [0.15, 0.2) is 69.3 Å². The molecular formula is C21H15N5O2. The van der Waals surface area contributed by atoms with Crippen molar-refractivity contribution in [2.45, 2.75) is 6.92 Å². The number of aryl methyl sites for hydroxylation is 1. The first-order valence-electron chi connectivity index (χ1n) is 8.78. The van der Waals surface area contributed by atoms with Crippen LogP contribution in [0.1, 0.15) is 11.3 Å². The minimum absolute atomic E-state index is 0.309. The molecule has 7 nitrogen and oxygen atoms in total. The van der Waals surface area contributed by atoms with Gasteiger partial charge in [-0.15, -0.1) is 4.68 Å². The van der Waals surface area contributed by atoms with Crippen LogP contribution < -0.4 is 11.2 Å². The monoisotopic (exact) mass is 369 g/mol. The molecule has 0 bridgehead atoms. The molecule has 0 aliphatic rings. The lowest BCUT2D eigenvalue weighted by Crippen LogP contribution is -2.32. The van der Waals surface area contributed by atoms with Gasteiger partial charge in [-0.1, -0.05) is 35.9 Å². The van der Waals surface area contributed by atoms with Crippen molar-refractivity contribution in [3.8, 4) is 0 Å². The van der Waals surface area contributed by atoms with Gasteiger partial charge in [-0.2, -0.15) is 5.10 Å². The summed E-state index contributed by atoms with van der Waals surface area (Å²) in [6, 6.07) is 17.2. The lowest BCUT2D eigenvalue weighted by atomic mass is 10.2. The van der Waals surface area contributed by atoms with Crippen LogP contribution in [-0.2, 0) is 0 Å². The maximum absolute atomic E-state index is 12.8. The lowest BCUT2D eigenvalue weighted by Gasteiger charge is -1.99. The number of hydrogen-bond acceptors (Lipinski definition) is 4. The van der Waals surface area contributed by atoms with E-state index in [1.165, 1.54) is 6.21 Å². The second-order valence-electron chi connectivity index (χ2n) is 6.64. The summed E-state index contributed by atoms with van der Waals surface area (Å²) in [7, 11) is 0. The normalized spacial score (nSPS) is 11.9. The number of nitrogens with one attached hydrogen (secondary N) is 2. The maximum Gasteiger partial charge on any atom is 0.350 e. The Morgan fingerprint density at radius 3 is 2.75 bits per heavy atom. The minimum atomic E-state index is -0.600.